The van der Waals surface area contributed by atoms with Crippen LogP contribution >= 0.6 is 0 Å². The number of hydrogen-bond acceptors (Lipinski definition) is 5. The Hall–Kier alpha value is -2.54. The zero-order valence-corrected chi connectivity index (χ0v) is 16.1. The normalized spacial score (nSPS) is 17.7. The van der Waals surface area contributed by atoms with E-state index in [0.717, 1.165) is 25.0 Å². The molecule has 0 spiro atoms. The van der Waals surface area contributed by atoms with Crippen LogP contribution in [0.5, 0.6) is 5.75 Å². The number of nitrogens with zero attached hydrogens (tertiary/aromatic N) is 1. The number of H-pyrrole nitrogens is 1. The first-order chi connectivity index (χ1) is 13.0. The predicted molar refractivity (Wildman–Crippen MR) is 104 cm³/mol. The number of aromatic amines is 1. The first-order valence-electron chi connectivity index (χ1n) is 9.32. The van der Waals surface area contributed by atoms with Gasteiger partial charge in [0.1, 0.15) is 11.4 Å². The smallest absolute Gasteiger partial charge is 0.356 e. The van der Waals surface area contributed by atoms with Gasteiger partial charge < -0.3 is 24.7 Å². The molecule has 2 N–H and O–H groups in total. The Morgan fingerprint density at radius 3 is 2.85 bits per heavy atom. The highest BCUT2D eigenvalue weighted by Gasteiger charge is 2.22. The van der Waals surface area contributed by atoms with Crippen molar-refractivity contribution in [1.29, 1.82) is 0 Å². The lowest BCUT2D eigenvalue weighted by molar-refractivity contribution is -0.116. The number of rotatable bonds is 6. The number of esters is 1. The molecule has 1 fully saturated rings. The minimum atomic E-state index is -0.523. The second kappa shape index (κ2) is 8.43. The Balaban J connectivity index is 1.75. The Morgan fingerprint density at radius 1 is 1.33 bits per heavy atom. The third kappa shape index (κ3) is 4.42. The van der Waals surface area contributed by atoms with E-state index in [1.54, 1.807) is 19.2 Å². The van der Waals surface area contributed by atoms with Crippen LogP contribution in [0.2, 0.25) is 0 Å². The highest BCUT2D eigenvalue weighted by molar-refractivity contribution is 6.11. The minimum Gasteiger partial charge on any atom is -0.497 e. The number of piperidine rings is 1. The molecule has 7 nitrogen and oxygen atoms in total. The molecular formula is C20H27N3O4. The van der Waals surface area contributed by atoms with Gasteiger partial charge in [0.05, 0.1) is 25.4 Å². The molecule has 0 bridgehead atoms. The average molecular weight is 373 g/mol. The fraction of sp³-hybridized carbons (Fsp3) is 0.500. The number of carbonyl (C=O) groups excluding carboxylic acids is 2. The zero-order valence-electron chi connectivity index (χ0n) is 16.1. The summed E-state index contributed by atoms with van der Waals surface area (Å²) < 4.78 is 10.1. The monoisotopic (exact) mass is 373 g/mol. The Morgan fingerprint density at radius 2 is 2.15 bits per heavy atom. The van der Waals surface area contributed by atoms with Crippen molar-refractivity contribution >= 4 is 28.5 Å². The van der Waals surface area contributed by atoms with E-state index < -0.39 is 5.97 Å². The fourth-order valence-corrected chi connectivity index (χ4v) is 3.64. The van der Waals surface area contributed by atoms with E-state index in [9.17, 15) is 9.59 Å². The molecule has 1 aromatic heterocycles. The van der Waals surface area contributed by atoms with Gasteiger partial charge >= 0.3 is 5.97 Å². The maximum Gasteiger partial charge on any atom is 0.356 e. The van der Waals surface area contributed by atoms with Gasteiger partial charge in [-0.2, -0.15) is 0 Å². The number of methoxy groups -OCH3 is 2. The van der Waals surface area contributed by atoms with Crippen LogP contribution in [0, 0.1) is 5.92 Å². The molecule has 0 radical (unpaired) electrons. The summed E-state index contributed by atoms with van der Waals surface area (Å²) in [4.78, 5) is 30.0. The van der Waals surface area contributed by atoms with Gasteiger partial charge in [0, 0.05) is 31.0 Å². The van der Waals surface area contributed by atoms with Crippen LogP contribution in [-0.4, -0.2) is 55.6 Å². The van der Waals surface area contributed by atoms with Gasteiger partial charge in [-0.1, -0.05) is 6.92 Å². The number of ether oxygens (including phenoxy) is 2. The average Bonchev–Trinajstić information content (AvgIpc) is 3.03. The third-order valence-electron chi connectivity index (χ3n) is 5.06. The van der Waals surface area contributed by atoms with E-state index in [2.05, 4.69) is 22.1 Å². The second-order valence-corrected chi connectivity index (χ2v) is 7.12. The largest absolute Gasteiger partial charge is 0.497 e. The number of benzene rings is 1. The van der Waals surface area contributed by atoms with Crippen molar-refractivity contribution < 1.29 is 19.1 Å². The Labute approximate surface area is 159 Å². The molecular weight excluding hydrogens is 346 g/mol. The summed E-state index contributed by atoms with van der Waals surface area (Å²) in [5.41, 5.74) is 1.40. The quantitative estimate of drug-likeness (QED) is 0.761. The van der Waals surface area contributed by atoms with Gasteiger partial charge in [0.25, 0.3) is 0 Å². The van der Waals surface area contributed by atoms with Crippen molar-refractivity contribution in [2.75, 3.05) is 39.2 Å². The number of nitrogens with one attached hydrogen (secondary N) is 2. The van der Waals surface area contributed by atoms with Gasteiger partial charge in [-0.3, -0.25) is 4.79 Å². The molecule has 1 amide bonds. The molecule has 7 heteroatoms. The molecule has 1 aromatic carbocycles. The maximum atomic E-state index is 12.5. The van der Waals surface area contributed by atoms with Crippen LogP contribution in [0.15, 0.2) is 18.2 Å². The minimum absolute atomic E-state index is 0.116. The van der Waals surface area contributed by atoms with Crippen LogP contribution in [0.3, 0.4) is 0 Å². The molecule has 1 saturated heterocycles. The van der Waals surface area contributed by atoms with Crippen molar-refractivity contribution in [1.82, 2.24) is 9.88 Å². The molecule has 0 saturated carbocycles. The number of likely N-dealkylation sites (tertiary alicyclic amines) is 1. The van der Waals surface area contributed by atoms with E-state index in [1.807, 2.05) is 6.07 Å². The van der Waals surface area contributed by atoms with Crippen molar-refractivity contribution in [2.24, 2.45) is 5.92 Å². The Kier molecular flexibility index (Phi) is 6.01. The standard InChI is InChI=1S/C20H27N3O4/c1-13-5-4-9-23(12-13)10-8-17(24)22-18-15-7-6-14(26-2)11-16(15)21-19(18)20(25)27-3/h6-7,11,13,21H,4-5,8-10,12H2,1-3H3,(H,22,24)/t13-/m1/s1. The molecule has 27 heavy (non-hydrogen) atoms. The molecule has 0 unspecified atom stereocenters. The second-order valence-electron chi connectivity index (χ2n) is 7.12. The van der Waals surface area contributed by atoms with E-state index in [0.29, 0.717) is 29.3 Å². The summed E-state index contributed by atoms with van der Waals surface area (Å²) in [5, 5.41) is 3.64. The third-order valence-corrected chi connectivity index (χ3v) is 5.06. The van der Waals surface area contributed by atoms with E-state index in [4.69, 9.17) is 9.47 Å². The number of aromatic nitrogens is 1. The molecule has 146 valence electrons. The lowest BCUT2D eigenvalue weighted by atomic mass is 10.0. The summed E-state index contributed by atoms with van der Waals surface area (Å²) in [5.74, 6) is 0.703. The van der Waals surface area contributed by atoms with Crippen molar-refractivity contribution in [3.05, 3.63) is 23.9 Å². The summed E-state index contributed by atoms with van der Waals surface area (Å²) in [6, 6.07) is 5.40. The summed E-state index contributed by atoms with van der Waals surface area (Å²) in [7, 11) is 2.90. The lowest BCUT2D eigenvalue weighted by Crippen LogP contribution is -2.36. The van der Waals surface area contributed by atoms with Crippen molar-refractivity contribution in [3.8, 4) is 5.75 Å². The van der Waals surface area contributed by atoms with Crippen molar-refractivity contribution in [2.45, 2.75) is 26.2 Å². The van der Waals surface area contributed by atoms with Crippen LogP contribution in [0.25, 0.3) is 10.9 Å². The van der Waals surface area contributed by atoms with E-state index >= 15 is 0 Å². The molecule has 1 atom stereocenters. The van der Waals surface area contributed by atoms with Gasteiger partial charge in [0.15, 0.2) is 0 Å². The zero-order chi connectivity index (χ0) is 19.4. The van der Waals surface area contributed by atoms with Crippen LogP contribution < -0.4 is 10.1 Å². The van der Waals surface area contributed by atoms with Gasteiger partial charge in [-0.15, -0.1) is 0 Å². The fourth-order valence-electron chi connectivity index (χ4n) is 3.64. The number of hydrogen-bond donors (Lipinski definition) is 2. The molecule has 2 heterocycles. The SMILES string of the molecule is COC(=O)c1[nH]c2cc(OC)ccc2c1NC(=O)CCN1CCC[C@@H](C)C1. The van der Waals surface area contributed by atoms with E-state index in [1.165, 1.54) is 20.0 Å². The number of fused-ring (bicyclic) bond motifs is 1. The van der Waals surface area contributed by atoms with Crippen molar-refractivity contribution in [3.63, 3.8) is 0 Å². The van der Waals surface area contributed by atoms with Crippen LogP contribution in [0.1, 0.15) is 36.7 Å². The molecule has 2 aromatic rings. The maximum absolute atomic E-state index is 12.5. The topological polar surface area (TPSA) is 83.7 Å². The van der Waals surface area contributed by atoms with Gasteiger partial charge in [0.2, 0.25) is 5.91 Å². The van der Waals surface area contributed by atoms with Gasteiger partial charge in [-0.05, 0) is 37.4 Å². The van der Waals surface area contributed by atoms with Gasteiger partial charge in [-0.25, -0.2) is 4.79 Å². The highest BCUT2D eigenvalue weighted by atomic mass is 16.5. The number of carbonyl (C=O) groups is 2. The van der Waals surface area contributed by atoms with E-state index in [-0.39, 0.29) is 11.6 Å². The number of amides is 1. The molecule has 1 aliphatic heterocycles. The Bertz CT molecular complexity index is 830. The van der Waals surface area contributed by atoms with Crippen LogP contribution in [-0.2, 0) is 9.53 Å². The molecule has 1 aliphatic rings. The first-order valence-corrected chi connectivity index (χ1v) is 9.32. The number of anilines is 1. The summed E-state index contributed by atoms with van der Waals surface area (Å²) >= 11 is 0. The first kappa shape index (κ1) is 19.2. The summed E-state index contributed by atoms with van der Waals surface area (Å²) in [6.45, 7) is 5.04. The summed E-state index contributed by atoms with van der Waals surface area (Å²) in [6.07, 6.45) is 2.82. The lowest BCUT2D eigenvalue weighted by Gasteiger charge is -2.30. The highest BCUT2D eigenvalue weighted by Crippen LogP contribution is 2.31. The molecule has 3 rings (SSSR count). The van der Waals surface area contributed by atoms with Crippen LogP contribution in [0.4, 0.5) is 5.69 Å². The predicted octanol–water partition coefficient (Wildman–Crippen LogP) is 3.02. The molecule has 0 aliphatic carbocycles.